The number of halogens is 1. The van der Waals surface area contributed by atoms with Gasteiger partial charge in [-0.25, -0.2) is 4.39 Å². The Labute approximate surface area is 110 Å². The topological polar surface area (TPSA) is 40.2 Å². The number of nitrogens with zero attached hydrogens (tertiary/aromatic N) is 2. The number of rotatable bonds is 4. The summed E-state index contributed by atoms with van der Waals surface area (Å²) in [6, 6.07) is 10.6. The van der Waals surface area contributed by atoms with Crippen molar-refractivity contribution >= 4 is 5.69 Å². The van der Waals surface area contributed by atoms with Crippen LogP contribution in [0.3, 0.4) is 0 Å². The molecule has 0 atom stereocenters. The molecule has 1 fully saturated rings. The molecule has 3 rings (SSSR count). The van der Waals surface area contributed by atoms with Gasteiger partial charge in [-0.05, 0) is 43.2 Å². The smallest absolute Gasteiger partial charge is 0.126 e. The van der Waals surface area contributed by atoms with Crippen molar-refractivity contribution in [3.63, 3.8) is 0 Å². The third-order valence-corrected chi connectivity index (χ3v) is 3.24. The van der Waals surface area contributed by atoms with Crippen molar-refractivity contribution in [2.45, 2.75) is 25.4 Å². The van der Waals surface area contributed by atoms with Crippen molar-refractivity contribution in [2.24, 2.45) is 0 Å². The lowest BCUT2D eigenvalue weighted by molar-refractivity contribution is 0.501. The molecule has 0 spiro atoms. The number of hydrogen-bond acceptors (Lipinski definition) is 3. The van der Waals surface area contributed by atoms with Crippen LogP contribution in [0.25, 0.3) is 0 Å². The highest BCUT2D eigenvalue weighted by Gasteiger charge is 2.30. The van der Waals surface area contributed by atoms with Crippen LogP contribution in [0.4, 0.5) is 10.1 Å². The molecule has 0 saturated heterocycles. The number of anilines is 1. The van der Waals surface area contributed by atoms with Gasteiger partial charge in [-0.3, -0.25) is 0 Å². The molecule has 4 heteroatoms. The lowest BCUT2D eigenvalue weighted by atomic mass is 10.2. The van der Waals surface area contributed by atoms with Gasteiger partial charge in [0.2, 0.25) is 0 Å². The van der Waals surface area contributed by atoms with Crippen LogP contribution in [-0.4, -0.2) is 6.04 Å². The summed E-state index contributed by atoms with van der Waals surface area (Å²) in [6.07, 6.45) is 3.82. The van der Waals surface area contributed by atoms with Crippen LogP contribution in [-0.2, 0) is 6.54 Å². The normalized spacial score (nSPS) is 14.1. The molecule has 0 amide bonds. The molecule has 1 heterocycles. The third kappa shape index (κ3) is 2.60. The second-order valence-corrected chi connectivity index (χ2v) is 4.75. The van der Waals surface area contributed by atoms with E-state index in [1.165, 1.54) is 12.1 Å². The molecule has 0 aliphatic heterocycles. The number of nitriles is 1. The van der Waals surface area contributed by atoms with Gasteiger partial charge in [0.05, 0.1) is 24.4 Å². The van der Waals surface area contributed by atoms with E-state index in [1.807, 2.05) is 18.2 Å². The highest BCUT2D eigenvalue weighted by atomic mass is 19.1. The van der Waals surface area contributed by atoms with E-state index >= 15 is 0 Å². The molecule has 1 aliphatic rings. The van der Waals surface area contributed by atoms with Crippen LogP contribution in [0, 0.1) is 17.1 Å². The van der Waals surface area contributed by atoms with Crippen molar-refractivity contribution < 1.29 is 8.81 Å². The molecule has 96 valence electrons. The van der Waals surface area contributed by atoms with Gasteiger partial charge in [-0.15, -0.1) is 0 Å². The summed E-state index contributed by atoms with van der Waals surface area (Å²) >= 11 is 0. The van der Waals surface area contributed by atoms with Gasteiger partial charge in [-0.1, -0.05) is 0 Å². The highest BCUT2D eigenvalue weighted by molar-refractivity contribution is 5.53. The van der Waals surface area contributed by atoms with E-state index in [0.29, 0.717) is 18.2 Å². The quantitative estimate of drug-likeness (QED) is 0.841. The lowest BCUT2D eigenvalue weighted by Gasteiger charge is -2.23. The Balaban J connectivity index is 1.92. The van der Waals surface area contributed by atoms with Crippen LogP contribution in [0.2, 0.25) is 0 Å². The van der Waals surface area contributed by atoms with Crippen molar-refractivity contribution in [3.05, 3.63) is 53.7 Å². The zero-order valence-electron chi connectivity index (χ0n) is 10.3. The molecule has 1 saturated carbocycles. The van der Waals surface area contributed by atoms with E-state index in [9.17, 15) is 4.39 Å². The van der Waals surface area contributed by atoms with Crippen molar-refractivity contribution in [1.29, 1.82) is 5.26 Å². The largest absolute Gasteiger partial charge is 0.467 e. The Morgan fingerprint density at radius 3 is 2.84 bits per heavy atom. The minimum Gasteiger partial charge on any atom is -0.467 e. The highest BCUT2D eigenvalue weighted by Crippen LogP contribution is 2.33. The molecule has 0 radical (unpaired) electrons. The summed E-state index contributed by atoms with van der Waals surface area (Å²) in [6.45, 7) is 0.603. The second kappa shape index (κ2) is 4.77. The van der Waals surface area contributed by atoms with E-state index in [0.717, 1.165) is 24.3 Å². The summed E-state index contributed by atoms with van der Waals surface area (Å²) < 4.78 is 18.9. The Kier molecular flexibility index (Phi) is 2.96. The van der Waals surface area contributed by atoms with Gasteiger partial charge in [0.25, 0.3) is 0 Å². The summed E-state index contributed by atoms with van der Waals surface area (Å²) in [5.41, 5.74) is 1.09. The fourth-order valence-electron chi connectivity index (χ4n) is 2.19. The fraction of sp³-hybridized carbons (Fsp3) is 0.267. The molecule has 0 unspecified atom stereocenters. The summed E-state index contributed by atoms with van der Waals surface area (Å²) in [5.74, 6) is 0.466. The van der Waals surface area contributed by atoms with E-state index in [1.54, 1.807) is 12.3 Å². The Morgan fingerprint density at radius 2 is 2.21 bits per heavy atom. The van der Waals surface area contributed by atoms with Crippen LogP contribution < -0.4 is 4.90 Å². The summed E-state index contributed by atoms with van der Waals surface area (Å²) in [5, 5.41) is 8.93. The first-order valence-electron chi connectivity index (χ1n) is 6.26. The van der Waals surface area contributed by atoms with Gasteiger partial charge in [-0.2, -0.15) is 5.26 Å². The van der Waals surface area contributed by atoms with Gasteiger partial charge in [0, 0.05) is 11.7 Å². The lowest BCUT2D eigenvalue weighted by Crippen LogP contribution is -2.24. The minimum atomic E-state index is -0.376. The Bertz CT molecular complexity index is 612. The molecule has 0 N–H and O–H groups in total. The van der Waals surface area contributed by atoms with Crippen molar-refractivity contribution in [3.8, 4) is 6.07 Å². The van der Waals surface area contributed by atoms with Crippen LogP contribution in [0.15, 0.2) is 41.0 Å². The number of furan rings is 1. The Morgan fingerprint density at radius 1 is 1.37 bits per heavy atom. The van der Waals surface area contributed by atoms with Crippen molar-refractivity contribution in [1.82, 2.24) is 0 Å². The first-order valence-corrected chi connectivity index (χ1v) is 6.26. The standard InChI is InChI=1S/C15H13FN2O/c16-12-6-11(9-17)7-14(8-12)18(13-3-4-13)10-15-2-1-5-19-15/h1-2,5-8,13H,3-4,10H2. The minimum absolute atomic E-state index is 0.347. The monoisotopic (exact) mass is 256 g/mol. The third-order valence-electron chi connectivity index (χ3n) is 3.24. The molecule has 1 aromatic carbocycles. The fourth-order valence-corrected chi connectivity index (χ4v) is 2.19. The molecular formula is C15H13FN2O. The van der Waals surface area contributed by atoms with Gasteiger partial charge in [0.15, 0.2) is 0 Å². The maximum atomic E-state index is 13.5. The van der Waals surface area contributed by atoms with Crippen LogP contribution >= 0.6 is 0 Å². The molecule has 19 heavy (non-hydrogen) atoms. The maximum absolute atomic E-state index is 13.5. The summed E-state index contributed by atoms with van der Waals surface area (Å²) in [4.78, 5) is 2.10. The first kappa shape index (κ1) is 11.8. The van der Waals surface area contributed by atoms with E-state index < -0.39 is 0 Å². The molecule has 3 nitrogen and oxygen atoms in total. The molecule has 0 bridgehead atoms. The predicted molar refractivity (Wildman–Crippen MR) is 69.0 cm³/mol. The molecule has 2 aromatic rings. The first-order chi connectivity index (χ1) is 9.26. The molecule has 1 aromatic heterocycles. The number of hydrogen-bond donors (Lipinski definition) is 0. The van der Waals surface area contributed by atoms with E-state index in [2.05, 4.69) is 4.90 Å². The molecular weight excluding hydrogens is 243 g/mol. The second-order valence-electron chi connectivity index (χ2n) is 4.75. The van der Waals surface area contributed by atoms with Gasteiger partial charge in [0.1, 0.15) is 11.6 Å². The summed E-state index contributed by atoms with van der Waals surface area (Å²) in [7, 11) is 0. The maximum Gasteiger partial charge on any atom is 0.126 e. The zero-order chi connectivity index (χ0) is 13.2. The molecule has 1 aliphatic carbocycles. The predicted octanol–water partition coefficient (Wildman–Crippen LogP) is 3.46. The van der Waals surface area contributed by atoms with Crippen LogP contribution in [0.1, 0.15) is 24.2 Å². The van der Waals surface area contributed by atoms with E-state index in [-0.39, 0.29) is 5.82 Å². The van der Waals surface area contributed by atoms with Gasteiger partial charge < -0.3 is 9.32 Å². The average molecular weight is 256 g/mol. The van der Waals surface area contributed by atoms with E-state index in [4.69, 9.17) is 9.68 Å². The van der Waals surface area contributed by atoms with Crippen LogP contribution in [0.5, 0.6) is 0 Å². The Hall–Kier alpha value is -2.28. The SMILES string of the molecule is N#Cc1cc(F)cc(N(Cc2ccco2)C2CC2)c1. The van der Waals surface area contributed by atoms with Gasteiger partial charge >= 0.3 is 0 Å². The number of benzene rings is 1. The van der Waals surface area contributed by atoms with Crippen molar-refractivity contribution in [2.75, 3.05) is 4.90 Å². The zero-order valence-corrected chi connectivity index (χ0v) is 10.3. The average Bonchev–Trinajstić information content (AvgIpc) is 3.12.